The summed E-state index contributed by atoms with van der Waals surface area (Å²) >= 11 is 0. The van der Waals surface area contributed by atoms with Crippen LogP contribution in [0.25, 0.3) is 0 Å². The quantitative estimate of drug-likeness (QED) is 0.655. The molecule has 0 saturated heterocycles. The van der Waals surface area contributed by atoms with Gasteiger partial charge in [-0.3, -0.25) is 4.90 Å². The number of nitrogens with zero attached hydrogens (tertiary/aromatic N) is 1. The van der Waals surface area contributed by atoms with E-state index in [0.717, 1.165) is 6.54 Å². The van der Waals surface area contributed by atoms with Crippen molar-refractivity contribution in [3.63, 3.8) is 0 Å². The van der Waals surface area contributed by atoms with Crippen molar-refractivity contribution in [2.45, 2.75) is 53.1 Å². The SMILES string of the molecule is CCCN(CCNC(C)C)C(C)C. The Hall–Kier alpha value is -0.0800. The topological polar surface area (TPSA) is 15.3 Å². The highest BCUT2D eigenvalue weighted by atomic mass is 15.2. The second kappa shape index (κ2) is 7.34. The highest BCUT2D eigenvalue weighted by Crippen LogP contribution is 1.98. The van der Waals surface area contributed by atoms with E-state index >= 15 is 0 Å². The van der Waals surface area contributed by atoms with Crippen LogP contribution in [0, 0.1) is 0 Å². The number of rotatable bonds is 7. The highest BCUT2D eigenvalue weighted by molar-refractivity contribution is 4.64. The fraction of sp³-hybridized carbons (Fsp3) is 1.00. The first-order valence-corrected chi connectivity index (χ1v) is 5.55. The minimum atomic E-state index is 0.607. The number of hydrogen-bond donors (Lipinski definition) is 1. The van der Waals surface area contributed by atoms with Crippen LogP contribution in [0.3, 0.4) is 0 Å². The zero-order valence-corrected chi connectivity index (χ0v) is 9.93. The predicted molar refractivity (Wildman–Crippen MR) is 60.1 cm³/mol. The third-order valence-corrected chi connectivity index (χ3v) is 2.19. The lowest BCUT2D eigenvalue weighted by atomic mass is 10.3. The molecule has 0 aromatic heterocycles. The fourth-order valence-electron chi connectivity index (χ4n) is 1.41. The summed E-state index contributed by atoms with van der Waals surface area (Å²) in [6.07, 6.45) is 1.25. The van der Waals surface area contributed by atoms with E-state index in [1.165, 1.54) is 19.5 Å². The van der Waals surface area contributed by atoms with Crippen LogP contribution in [0.15, 0.2) is 0 Å². The first-order chi connectivity index (χ1) is 6.07. The van der Waals surface area contributed by atoms with Gasteiger partial charge in [0.25, 0.3) is 0 Å². The summed E-state index contributed by atoms with van der Waals surface area (Å²) in [5.74, 6) is 0. The number of nitrogens with one attached hydrogen (secondary N) is 1. The van der Waals surface area contributed by atoms with Crippen molar-refractivity contribution in [3.05, 3.63) is 0 Å². The van der Waals surface area contributed by atoms with E-state index in [9.17, 15) is 0 Å². The Balaban J connectivity index is 3.57. The third-order valence-electron chi connectivity index (χ3n) is 2.19. The molecule has 0 spiro atoms. The van der Waals surface area contributed by atoms with Crippen LogP contribution in [-0.2, 0) is 0 Å². The molecule has 0 unspecified atom stereocenters. The first-order valence-electron chi connectivity index (χ1n) is 5.55. The third kappa shape index (κ3) is 7.03. The molecule has 0 atom stereocenters. The zero-order valence-electron chi connectivity index (χ0n) is 9.93. The minimum Gasteiger partial charge on any atom is -0.313 e. The molecule has 13 heavy (non-hydrogen) atoms. The molecular formula is C11H26N2. The molecule has 80 valence electrons. The van der Waals surface area contributed by atoms with Gasteiger partial charge in [0, 0.05) is 25.2 Å². The molecule has 0 radical (unpaired) electrons. The van der Waals surface area contributed by atoms with Gasteiger partial charge in [0.05, 0.1) is 0 Å². The Kier molecular flexibility index (Phi) is 7.29. The normalized spacial score (nSPS) is 12.0. The van der Waals surface area contributed by atoms with Crippen LogP contribution in [-0.4, -0.2) is 36.6 Å². The first kappa shape index (κ1) is 12.9. The molecule has 0 aromatic rings. The van der Waals surface area contributed by atoms with Crippen molar-refractivity contribution in [2.24, 2.45) is 0 Å². The van der Waals surface area contributed by atoms with Crippen molar-refractivity contribution < 1.29 is 0 Å². The summed E-state index contributed by atoms with van der Waals surface area (Å²) in [6, 6.07) is 1.28. The average Bonchev–Trinajstić information content (AvgIpc) is 2.02. The minimum absolute atomic E-state index is 0.607. The van der Waals surface area contributed by atoms with Crippen LogP contribution in [0.2, 0.25) is 0 Å². The van der Waals surface area contributed by atoms with E-state index in [4.69, 9.17) is 0 Å². The Morgan fingerprint density at radius 1 is 1.08 bits per heavy atom. The monoisotopic (exact) mass is 186 g/mol. The molecule has 0 saturated carbocycles. The molecular weight excluding hydrogens is 160 g/mol. The van der Waals surface area contributed by atoms with Crippen LogP contribution in [0.4, 0.5) is 0 Å². The molecule has 0 bridgehead atoms. The summed E-state index contributed by atoms with van der Waals surface area (Å²) in [4.78, 5) is 2.52. The summed E-state index contributed by atoms with van der Waals surface area (Å²) in [7, 11) is 0. The molecule has 0 aliphatic rings. The Morgan fingerprint density at radius 3 is 2.08 bits per heavy atom. The Bertz CT molecular complexity index is 111. The Morgan fingerprint density at radius 2 is 1.69 bits per heavy atom. The van der Waals surface area contributed by atoms with Crippen LogP contribution in [0.5, 0.6) is 0 Å². The second-order valence-corrected chi connectivity index (χ2v) is 4.24. The fourth-order valence-corrected chi connectivity index (χ4v) is 1.41. The molecule has 0 amide bonds. The molecule has 2 nitrogen and oxygen atoms in total. The lowest BCUT2D eigenvalue weighted by molar-refractivity contribution is 0.220. The summed E-state index contributed by atoms with van der Waals surface area (Å²) < 4.78 is 0. The molecule has 0 rings (SSSR count). The molecule has 2 heteroatoms. The predicted octanol–water partition coefficient (Wildman–Crippen LogP) is 2.10. The smallest absolute Gasteiger partial charge is 0.0110 e. The van der Waals surface area contributed by atoms with Crippen molar-refractivity contribution in [3.8, 4) is 0 Å². The van der Waals surface area contributed by atoms with E-state index in [-0.39, 0.29) is 0 Å². The molecule has 0 aliphatic carbocycles. The maximum Gasteiger partial charge on any atom is 0.0110 e. The summed E-state index contributed by atoms with van der Waals surface area (Å²) in [6.45, 7) is 14.7. The maximum absolute atomic E-state index is 3.45. The van der Waals surface area contributed by atoms with Gasteiger partial charge in [-0.1, -0.05) is 20.8 Å². The van der Waals surface area contributed by atoms with Crippen LogP contribution in [0.1, 0.15) is 41.0 Å². The van der Waals surface area contributed by atoms with Crippen molar-refractivity contribution >= 4 is 0 Å². The molecule has 0 aromatic carbocycles. The lowest BCUT2D eigenvalue weighted by Gasteiger charge is -2.26. The molecule has 0 aliphatic heterocycles. The van der Waals surface area contributed by atoms with E-state index in [1.807, 2.05) is 0 Å². The van der Waals surface area contributed by atoms with E-state index in [0.29, 0.717) is 12.1 Å². The Labute approximate surface area is 83.7 Å². The molecule has 0 fully saturated rings. The average molecular weight is 186 g/mol. The lowest BCUT2D eigenvalue weighted by Crippen LogP contribution is -2.39. The van der Waals surface area contributed by atoms with Gasteiger partial charge in [-0.2, -0.15) is 0 Å². The molecule has 0 heterocycles. The second-order valence-electron chi connectivity index (χ2n) is 4.24. The maximum atomic E-state index is 3.45. The van der Waals surface area contributed by atoms with Crippen molar-refractivity contribution in [1.82, 2.24) is 10.2 Å². The van der Waals surface area contributed by atoms with Gasteiger partial charge in [0.15, 0.2) is 0 Å². The van der Waals surface area contributed by atoms with Crippen LogP contribution >= 0.6 is 0 Å². The summed E-state index contributed by atoms with van der Waals surface area (Å²) in [5.41, 5.74) is 0. The van der Waals surface area contributed by atoms with Gasteiger partial charge in [0.2, 0.25) is 0 Å². The van der Waals surface area contributed by atoms with Gasteiger partial charge in [-0.05, 0) is 26.8 Å². The largest absolute Gasteiger partial charge is 0.313 e. The van der Waals surface area contributed by atoms with Crippen molar-refractivity contribution in [2.75, 3.05) is 19.6 Å². The highest BCUT2D eigenvalue weighted by Gasteiger charge is 2.06. The van der Waals surface area contributed by atoms with Crippen molar-refractivity contribution in [1.29, 1.82) is 0 Å². The number of hydrogen-bond acceptors (Lipinski definition) is 2. The van der Waals surface area contributed by atoms with E-state index in [2.05, 4.69) is 44.8 Å². The van der Waals surface area contributed by atoms with Gasteiger partial charge in [-0.15, -0.1) is 0 Å². The molecule has 1 N–H and O–H groups in total. The van der Waals surface area contributed by atoms with Gasteiger partial charge < -0.3 is 5.32 Å². The summed E-state index contributed by atoms with van der Waals surface area (Å²) in [5, 5.41) is 3.45. The van der Waals surface area contributed by atoms with E-state index in [1.54, 1.807) is 0 Å². The standard InChI is InChI=1S/C11H26N2/c1-6-8-13(11(4)5)9-7-12-10(2)3/h10-12H,6-9H2,1-5H3. The zero-order chi connectivity index (χ0) is 10.3. The van der Waals surface area contributed by atoms with Crippen LogP contribution < -0.4 is 5.32 Å². The van der Waals surface area contributed by atoms with Gasteiger partial charge >= 0.3 is 0 Å². The van der Waals surface area contributed by atoms with E-state index < -0.39 is 0 Å². The van der Waals surface area contributed by atoms with Gasteiger partial charge in [0.1, 0.15) is 0 Å². The van der Waals surface area contributed by atoms with Gasteiger partial charge in [-0.25, -0.2) is 0 Å².